The van der Waals surface area contributed by atoms with Crippen LogP contribution in [0.3, 0.4) is 0 Å². The second-order valence-corrected chi connectivity index (χ2v) is 5.66. The largest absolute Gasteiger partial charge is 0.351 e. The lowest BCUT2D eigenvalue weighted by Crippen LogP contribution is -2.41. The van der Waals surface area contributed by atoms with E-state index in [1.807, 2.05) is 29.2 Å². The van der Waals surface area contributed by atoms with Crippen LogP contribution in [0.15, 0.2) is 24.3 Å². The van der Waals surface area contributed by atoms with E-state index in [1.165, 1.54) is 0 Å². The first kappa shape index (κ1) is 15.5. The monoisotopic (exact) mass is 318 g/mol. The first-order valence-corrected chi connectivity index (χ1v) is 7.66. The number of nitrogens with zero attached hydrogens (tertiary/aromatic N) is 4. The first-order valence-electron chi connectivity index (χ1n) is 7.66. The first-order chi connectivity index (χ1) is 11.2. The summed E-state index contributed by atoms with van der Waals surface area (Å²) in [5.41, 5.74) is 1.86. The van der Waals surface area contributed by atoms with Crippen molar-refractivity contribution in [3.63, 3.8) is 0 Å². The number of likely N-dealkylation sites (tertiary alicyclic amines) is 1. The number of tetrazole rings is 1. The van der Waals surface area contributed by atoms with Gasteiger partial charge in [0.05, 0.1) is 6.54 Å². The smallest absolute Gasteiger partial charge is 0.234 e. The number of halogens is 1. The Morgan fingerprint density at radius 2 is 2.04 bits per heavy atom. The molecule has 122 valence electrons. The summed E-state index contributed by atoms with van der Waals surface area (Å²) in [6, 6.07) is 7.61. The second kappa shape index (κ2) is 7.28. The predicted octanol–water partition coefficient (Wildman–Crippen LogP) is 0.917. The van der Waals surface area contributed by atoms with Gasteiger partial charge in [-0.25, -0.2) is 4.39 Å². The molecule has 8 heteroatoms. The number of piperidine rings is 1. The van der Waals surface area contributed by atoms with Crippen LogP contribution in [0.25, 0.3) is 11.4 Å². The van der Waals surface area contributed by atoms with Gasteiger partial charge in [-0.1, -0.05) is 24.3 Å². The Bertz CT molecular complexity index is 622. The van der Waals surface area contributed by atoms with Gasteiger partial charge in [-0.05, 0) is 23.6 Å². The molecule has 1 aromatic carbocycles. The van der Waals surface area contributed by atoms with Crippen molar-refractivity contribution in [1.29, 1.82) is 0 Å². The van der Waals surface area contributed by atoms with E-state index in [-0.39, 0.29) is 5.91 Å². The maximum atomic E-state index is 13.1. The Kier molecular flexibility index (Phi) is 4.92. The van der Waals surface area contributed by atoms with Crippen molar-refractivity contribution in [3.8, 4) is 11.4 Å². The van der Waals surface area contributed by atoms with E-state index in [4.69, 9.17) is 0 Å². The number of aromatic nitrogens is 4. The molecule has 2 N–H and O–H groups in total. The van der Waals surface area contributed by atoms with Crippen LogP contribution in [0, 0.1) is 0 Å². The fourth-order valence-electron chi connectivity index (χ4n) is 2.57. The van der Waals surface area contributed by atoms with Crippen molar-refractivity contribution in [2.45, 2.75) is 25.6 Å². The fraction of sp³-hybridized carbons (Fsp3) is 0.467. The van der Waals surface area contributed by atoms with Gasteiger partial charge in [0.15, 0.2) is 0 Å². The van der Waals surface area contributed by atoms with E-state index >= 15 is 0 Å². The maximum absolute atomic E-state index is 13.1. The average molecular weight is 318 g/mol. The summed E-state index contributed by atoms with van der Waals surface area (Å²) in [5.74, 6) is 0.501. The third-order valence-electron chi connectivity index (χ3n) is 3.93. The van der Waals surface area contributed by atoms with E-state index in [2.05, 4.69) is 25.9 Å². The van der Waals surface area contributed by atoms with Gasteiger partial charge in [0.25, 0.3) is 0 Å². The molecule has 0 aliphatic carbocycles. The Morgan fingerprint density at radius 1 is 1.30 bits per heavy atom. The van der Waals surface area contributed by atoms with Crippen LogP contribution in [0.5, 0.6) is 0 Å². The molecule has 0 unspecified atom stereocenters. The highest BCUT2D eigenvalue weighted by atomic mass is 19.1. The lowest BCUT2D eigenvalue weighted by Gasteiger charge is -2.27. The maximum Gasteiger partial charge on any atom is 0.234 e. The van der Waals surface area contributed by atoms with Gasteiger partial charge in [0.1, 0.15) is 6.17 Å². The quantitative estimate of drug-likeness (QED) is 0.856. The molecule has 0 bridgehead atoms. The van der Waals surface area contributed by atoms with Crippen LogP contribution in [-0.2, 0) is 11.3 Å². The molecule has 1 amide bonds. The number of hydrogen-bond donors (Lipinski definition) is 2. The van der Waals surface area contributed by atoms with Gasteiger partial charge in [0.2, 0.25) is 11.7 Å². The molecule has 7 nitrogen and oxygen atoms in total. The molecule has 1 fully saturated rings. The minimum Gasteiger partial charge on any atom is -0.351 e. The zero-order valence-corrected chi connectivity index (χ0v) is 12.7. The highest BCUT2D eigenvalue weighted by Crippen LogP contribution is 2.14. The van der Waals surface area contributed by atoms with Crippen LogP contribution in [0.1, 0.15) is 18.4 Å². The van der Waals surface area contributed by atoms with Crippen molar-refractivity contribution < 1.29 is 9.18 Å². The summed E-state index contributed by atoms with van der Waals surface area (Å²) >= 11 is 0. The lowest BCUT2D eigenvalue weighted by atomic mass is 10.1. The molecular formula is C15H19FN6O. The van der Waals surface area contributed by atoms with Crippen LogP contribution < -0.4 is 5.32 Å². The summed E-state index contributed by atoms with van der Waals surface area (Å²) in [6.07, 6.45) is 0.322. The Hall–Kier alpha value is -2.35. The number of amides is 1. The normalized spacial score (nSPS) is 16.4. The number of carbonyl (C=O) groups excluding carboxylic acids is 1. The Morgan fingerprint density at radius 3 is 2.70 bits per heavy atom. The number of rotatable bonds is 5. The molecule has 1 aliphatic heterocycles. The van der Waals surface area contributed by atoms with E-state index in [9.17, 15) is 9.18 Å². The molecule has 2 aromatic rings. The molecule has 0 radical (unpaired) electrons. The molecule has 0 saturated carbocycles. The minimum absolute atomic E-state index is 0.0375. The molecule has 2 heterocycles. The third kappa shape index (κ3) is 4.32. The van der Waals surface area contributed by atoms with Crippen LogP contribution in [0.2, 0.25) is 0 Å². The highest BCUT2D eigenvalue weighted by molar-refractivity contribution is 5.78. The molecular weight excluding hydrogens is 299 g/mol. The molecule has 1 aliphatic rings. The molecule has 0 spiro atoms. The predicted molar refractivity (Wildman–Crippen MR) is 82.0 cm³/mol. The molecule has 3 rings (SSSR count). The SMILES string of the molecule is O=C(CN1CCC(F)CC1)NCc1ccc(-c2nn[nH]n2)cc1. The molecule has 1 saturated heterocycles. The number of benzene rings is 1. The van der Waals surface area contributed by atoms with Crippen molar-refractivity contribution in [1.82, 2.24) is 30.8 Å². The summed E-state index contributed by atoms with van der Waals surface area (Å²) < 4.78 is 13.1. The van der Waals surface area contributed by atoms with Crippen LogP contribution in [-0.4, -0.2) is 57.2 Å². The van der Waals surface area contributed by atoms with Gasteiger partial charge >= 0.3 is 0 Å². The van der Waals surface area contributed by atoms with Crippen LogP contribution >= 0.6 is 0 Å². The Balaban J connectivity index is 1.45. The van der Waals surface area contributed by atoms with Crippen molar-refractivity contribution >= 4 is 5.91 Å². The fourth-order valence-corrected chi connectivity index (χ4v) is 2.57. The topological polar surface area (TPSA) is 86.8 Å². The lowest BCUT2D eigenvalue weighted by molar-refractivity contribution is -0.122. The van der Waals surface area contributed by atoms with Crippen molar-refractivity contribution in [3.05, 3.63) is 29.8 Å². The van der Waals surface area contributed by atoms with E-state index in [0.29, 0.717) is 44.8 Å². The third-order valence-corrected chi connectivity index (χ3v) is 3.93. The minimum atomic E-state index is -0.716. The van der Waals surface area contributed by atoms with E-state index in [1.54, 1.807) is 0 Å². The van der Waals surface area contributed by atoms with Gasteiger partial charge in [-0.15, -0.1) is 10.2 Å². The van der Waals surface area contributed by atoms with Crippen LogP contribution in [0.4, 0.5) is 4.39 Å². The number of nitrogens with one attached hydrogen (secondary N) is 2. The standard InChI is InChI=1S/C15H19FN6O/c16-13-5-7-22(8-6-13)10-14(23)17-9-11-1-3-12(4-2-11)15-18-20-21-19-15/h1-4,13H,5-10H2,(H,17,23)(H,18,19,20,21). The summed E-state index contributed by atoms with van der Waals surface area (Å²) in [4.78, 5) is 13.9. The van der Waals surface area contributed by atoms with Crippen molar-refractivity contribution in [2.24, 2.45) is 0 Å². The zero-order chi connectivity index (χ0) is 16.1. The summed E-state index contributed by atoms with van der Waals surface area (Å²) in [7, 11) is 0. The van der Waals surface area contributed by atoms with Gasteiger partial charge in [-0.3, -0.25) is 9.69 Å². The summed E-state index contributed by atoms with van der Waals surface area (Å²) in [6.45, 7) is 2.08. The number of aromatic amines is 1. The molecule has 0 atom stereocenters. The summed E-state index contributed by atoms with van der Waals surface area (Å²) in [5, 5.41) is 16.6. The second-order valence-electron chi connectivity index (χ2n) is 5.66. The number of alkyl halides is 1. The zero-order valence-electron chi connectivity index (χ0n) is 12.7. The van der Waals surface area contributed by atoms with Gasteiger partial charge in [-0.2, -0.15) is 5.21 Å². The van der Waals surface area contributed by atoms with Gasteiger partial charge in [0, 0.05) is 25.2 Å². The average Bonchev–Trinajstić information content (AvgIpc) is 3.10. The van der Waals surface area contributed by atoms with E-state index < -0.39 is 6.17 Å². The highest BCUT2D eigenvalue weighted by Gasteiger charge is 2.19. The number of hydrogen-bond acceptors (Lipinski definition) is 5. The van der Waals surface area contributed by atoms with Crippen molar-refractivity contribution in [2.75, 3.05) is 19.6 Å². The van der Waals surface area contributed by atoms with E-state index in [0.717, 1.165) is 11.1 Å². The Labute approximate surface area is 133 Å². The molecule has 23 heavy (non-hydrogen) atoms. The molecule has 1 aromatic heterocycles. The number of carbonyl (C=O) groups is 1. The van der Waals surface area contributed by atoms with Gasteiger partial charge < -0.3 is 5.32 Å². The number of H-pyrrole nitrogens is 1.